The van der Waals surface area contributed by atoms with Crippen molar-refractivity contribution in [1.29, 1.82) is 5.26 Å². The van der Waals surface area contributed by atoms with Gasteiger partial charge in [-0.05, 0) is 38.1 Å². The van der Waals surface area contributed by atoms with Gasteiger partial charge in [0, 0.05) is 61.3 Å². The van der Waals surface area contributed by atoms with E-state index in [1.54, 1.807) is 17.5 Å². The zero-order valence-electron chi connectivity index (χ0n) is 18.2. The smallest absolute Gasteiger partial charge is 0.208 e. The minimum absolute atomic E-state index is 0.456. The first kappa shape index (κ1) is 20.1. The number of hydrogen-bond acceptors (Lipinski definition) is 9. The van der Waals surface area contributed by atoms with E-state index in [2.05, 4.69) is 36.8 Å². The number of fused-ring (bicyclic) bond motifs is 1. The van der Waals surface area contributed by atoms with Gasteiger partial charge in [-0.2, -0.15) is 5.26 Å². The van der Waals surface area contributed by atoms with E-state index in [-0.39, 0.29) is 0 Å². The van der Waals surface area contributed by atoms with Gasteiger partial charge in [-0.1, -0.05) is 11.3 Å². The molecule has 0 unspecified atom stereocenters. The third kappa shape index (κ3) is 3.41. The summed E-state index contributed by atoms with van der Waals surface area (Å²) in [5.74, 6) is 0.746. The molecule has 2 fully saturated rings. The molecular weight excluding hydrogens is 434 g/mol. The predicted molar refractivity (Wildman–Crippen MR) is 129 cm³/mol. The number of aromatic nitrogens is 5. The molecule has 0 bridgehead atoms. The van der Waals surface area contributed by atoms with Crippen LogP contribution in [0.5, 0.6) is 0 Å². The molecule has 0 atom stereocenters. The summed E-state index contributed by atoms with van der Waals surface area (Å²) in [5, 5.41) is 27.5. The Hall–Kier alpha value is -3.55. The van der Waals surface area contributed by atoms with Gasteiger partial charge in [0.05, 0.1) is 11.1 Å². The zero-order valence-corrected chi connectivity index (χ0v) is 19.1. The van der Waals surface area contributed by atoms with Gasteiger partial charge in [0.15, 0.2) is 5.01 Å². The van der Waals surface area contributed by atoms with Crippen molar-refractivity contribution in [2.75, 3.05) is 43.4 Å². The lowest BCUT2D eigenvalue weighted by Crippen LogP contribution is -2.60. The van der Waals surface area contributed by atoms with Gasteiger partial charge in [-0.25, -0.2) is 9.97 Å². The van der Waals surface area contributed by atoms with Crippen LogP contribution in [0.1, 0.15) is 18.4 Å². The van der Waals surface area contributed by atoms with Crippen LogP contribution in [0.25, 0.3) is 27.4 Å². The fourth-order valence-corrected chi connectivity index (χ4v) is 5.71. The molecule has 0 amide bonds. The van der Waals surface area contributed by atoms with Crippen LogP contribution in [-0.4, -0.2) is 58.0 Å². The van der Waals surface area contributed by atoms with Crippen LogP contribution in [0.4, 0.5) is 10.8 Å². The van der Waals surface area contributed by atoms with Crippen molar-refractivity contribution in [3.63, 3.8) is 0 Å². The summed E-state index contributed by atoms with van der Waals surface area (Å²) in [5.41, 5.74) is 3.62. The van der Waals surface area contributed by atoms with Crippen molar-refractivity contribution < 1.29 is 0 Å². The van der Waals surface area contributed by atoms with Crippen molar-refractivity contribution in [1.82, 2.24) is 30.0 Å². The maximum absolute atomic E-state index is 9.12. The molecule has 2 N–H and O–H groups in total. The molecule has 9 nitrogen and oxygen atoms in total. The Labute approximate surface area is 195 Å². The highest BCUT2D eigenvalue weighted by Gasteiger charge is 2.44. The maximum atomic E-state index is 9.12. The van der Waals surface area contributed by atoms with Crippen molar-refractivity contribution in [2.45, 2.75) is 12.8 Å². The SMILES string of the molecule is CNc1cc(-n2ccc3cc(C#N)cnc32)ncc1-c1nnc(N2CC3(CCNCC3)C2)s1. The number of anilines is 2. The second-order valence-corrected chi connectivity index (χ2v) is 9.72. The average Bonchev–Trinajstić information content (AvgIpc) is 3.49. The van der Waals surface area contributed by atoms with E-state index in [4.69, 9.17) is 10.2 Å². The first-order valence-corrected chi connectivity index (χ1v) is 11.8. The third-order valence-electron chi connectivity index (χ3n) is 6.69. The molecule has 2 saturated heterocycles. The summed E-state index contributed by atoms with van der Waals surface area (Å²) in [4.78, 5) is 11.5. The van der Waals surface area contributed by atoms with Crippen molar-refractivity contribution in [2.24, 2.45) is 5.41 Å². The van der Waals surface area contributed by atoms with Gasteiger partial charge < -0.3 is 15.5 Å². The van der Waals surface area contributed by atoms with E-state index < -0.39 is 0 Å². The highest BCUT2D eigenvalue weighted by Crippen LogP contribution is 2.43. The van der Waals surface area contributed by atoms with Crippen LogP contribution in [0.2, 0.25) is 0 Å². The molecule has 0 aliphatic carbocycles. The Kier molecular flexibility index (Phi) is 4.74. The number of rotatable bonds is 4. The first-order chi connectivity index (χ1) is 16.2. The number of nitriles is 1. The highest BCUT2D eigenvalue weighted by molar-refractivity contribution is 7.18. The highest BCUT2D eigenvalue weighted by atomic mass is 32.1. The number of hydrogen-bond donors (Lipinski definition) is 2. The van der Waals surface area contributed by atoms with Gasteiger partial charge >= 0.3 is 0 Å². The minimum Gasteiger partial charge on any atom is -0.387 e. The minimum atomic E-state index is 0.456. The molecule has 6 rings (SSSR count). The molecule has 6 heterocycles. The summed E-state index contributed by atoms with van der Waals surface area (Å²) >= 11 is 1.62. The zero-order chi connectivity index (χ0) is 22.4. The Morgan fingerprint density at radius 2 is 2.00 bits per heavy atom. The molecule has 2 aliphatic rings. The topological polar surface area (TPSA) is 108 Å². The average molecular weight is 458 g/mol. The number of pyridine rings is 2. The maximum Gasteiger partial charge on any atom is 0.208 e. The molecule has 4 aromatic rings. The third-order valence-corrected chi connectivity index (χ3v) is 7.71. The molecular formula is C23H23N9S. The lowest BCUT2D eigenvalue weighted by Gasteiger charge is -2.52. The largest absolute Gasteiger partial charge is 0.387 e. The lowest BCUT2D eigenvalue weighted by atomic mass is 9.73. The van der Waals surface area contributed by atoms with Crippen LogP contribution in [0.15, 0.2) is 36.8 Å². The van der Waals surface area contributed by atoms with Crippen LogP contribution in [-0.2, 0) is 0 Å². The molecule has 10 heteroatoms. The monoisotopic (exact) mass is 457 g/mol. The summed E-state index contributed by atoms with van der Waals surface area (Å²) in [6.07, 6.45) is 7.82. The number of nitrogens with zero attached hydrogens (tertiary/aromatic N) is 7. The molecule has 0 saturated carbocycles. The van der Waals surface area contributed by atoms with E-state index >= 15 is 0 Å². The summed E-state index contributed by atoms with van der Waals surface area (Å²) in [6.45, 7) is 4.37. The standard InChI is InChI=1S/C23H23N9S/c1-25-18-9-19(32-7-2-16-8-15(10-24)11-28-20(16)32)27-12-17(18)21-29-30-22(33-21)31-13-23(14-31)3-5-26-6-4-23/h2,7-9,11-12,26H,3-6,13-14H2,1H3,(H,25,27). The van der Waals surface area contributed by atoms with Crippen molar-refractivity contribution in [3.8, 4) is 22.5 Å². The van der Waals surface area contributed by atoms with Crippen LogP contribution in [0, 0.1) is 16.7 Å². The predicted octanol–water partition coefficient (Wildman–Crippen LogP) is 3.04. The van der Waals surface area contributed by atoms with E-state index in [1.807, 2.05) is 42.2 Å². The molecule has 0 aromatic carbocycles. The lowest BCUT2D eigenvalue weighted by molar-refractivity contribution is 0.149. The van der Waals surface area contributed by atoms with Crippen LogP contribution < -0.4 is 15.5 Å². The summed E-state index contributed by atoms with van der Waals surface area (Å²) < 4.78 is 1.92. The molecule has 2 aliphatic heterocycles. The van der Waals surface area contributed by atoms with Gasteiger partial charge in [-0.15, -0.1) is 10.2 Å². The quantitative estimate of drug-likeness (QED) is 0.482. The summed E-state index contributed by atoms with van der Waals surface area (Å²) in [7, 11) is 1.89. The molecule has 33 heavy (non-hydrogen) atoms. The van der Waals surface area contributed by atoms with Gasteiger partial charge in [-0.3, -0.25) is 4.57 Å². The Morgan fingerprint density at radius 3 is 2.79 bits per heavy atom. The normalized spacial score (nSPS) is 17.2. The van der Waals surface area contributed by atoms with E-state index in [1.165, 1.54) is 12.8 Å². The van der Waals surface area contributed by atoms with E-state index in [0.717, 1.165) is 64.4 Å². The van der Waals surface area contributed by atoms with Crippen LogP contribution in [0.3, 0.4) is 0 Å². The molecule has 4 aromatic heterocycles. The van der Waals surface area contributed by atoms with Gasteiger partial charge in [0.25, 0.3) is 0 Å². The molecule has 1 spiro atoms. The Balaban J connectivity index is 1.27. The van der Waals surface area contributed by atoms with E-state index in [9.17, 15) is 0 Å². The Bertz CT molecular complexity index is 1370. The van der Waals surface area contributed by atoms with Crippen molar-refractivity contribution >= 4 is 33.2 Å². The van der Waals surface area contributed by atoms with Gasteiger partial charge in [0.1, 0.15) is 17.5 Å². The Morgan fingerprint density at radius 1 is 1.15 bits per heavy atom. The van der Waals surface area contributed by atoms with Crippen LogP contribution >= 0.6 is 11.3 Å². The second-order valence-electron chi connectivity index (χ2n) is 8.77. The molecule has 0 radical (unpaired) electrons. The number of piperidine rings is 1. The van der Waals surface area contributed by atoms with E-state index in [0.29, 0.717) is 11.0 Å². The van der Waals surface area contributed by atoms with Crippen molar-refractivity contribution in [3.05, 3.63) is 42.4 Å². The summed E-state index contributed by atoms with van der Waals surface area (Å²) in [6, 6.07) is 7.89. The van der Waals surface area contributed by atoms with Gasteiger partial charge in [0.2, 0.25) is 5.13 Å². The second kappa shape index (κ2) is 7.79. The fraction of sp³-hybridized carbons (Fsp3) is 0.348. The molecule has 166 valence electrons. The fourth-order valence-electron chi connectivity index (χ4n) is 4.85. The first-order valence-electron chi connectivity index (χ1n) is 11.0. The number of nitrogens with one attached hydrogen (secondary N) is 2.